The molecule has 1 saturated heterocycles. The number of benzene rings is 2. The number of aliphatic hydroxyl groups excluding tert-OH is 1. The fourth-order valence-corrected chi connectivity index (χ4v) is 3.96. The molecule has 6 nitrogen and oxygen atoms in total. The average Bonchev–Trinajstić information content (AvgIpc) is 2.98. The SMILES string of the molecule is O=C(NCCO)c1ccc(/C=C2\SC(=S)N(c3cccc(OC(F)(F)F)c3)C2=O)cc1. The maximum Gasteiger partial charge on any atom is 0.573 e. The topological polar surface area (TPSA) is 78.9 Å². The minimum absolute atomic E-state index is 0.137. The fraction of sp³-hybridized carbons (Fsp3) is 0.150. The number of halogens is 3. The van der Waals surface area contributed by atoms with Gasteiger partial charge in [-0.15, -0.1) is 13.2 Å². The number of rotatable bonds is 6. The molecule has 0 aromatic heterocycles. The Morgan fingerprint density at radius 2 is 1.94 bits per heavy atom. The number of anilines is 1. The molecule has 3 rings (SSSR count). The number of alkyl halides is 3. The molecule has 2 aromatic rings. The zero-order valence-electron chi connectivity index (χ0n) is 15.7. The van der Waals surface area contributed by atoms with Crippen LogP contribution >= 0.6 is 24.0 Å². The van der Waals surface area contributed by atoms with Crippen LogP contribution in [0.1, 0.15) is 15.9 Å². The summed E-state index contributed by atoms with van der Waals surface area (Å²) in [6.07, 6.45) is -3.28. The minimum Gasteiger partial charge on any atom is -0.406 e. The summed E-state index contributed by atoms with van der Waals surface area (Å²) in [5.41, 5.74) is 1.18. The molecule has 0 saturated carbocycles. The third kappa shape index (κ3) is 5.84. The first-order valence-electron chi connectivity index (χ1n) is 8.81. The summed E-state index contributed by atoms with van der Waals surface area (Å²) in [4.78, 5) is 26.1. The summed E-state index contributed by atoms with van der Waals surface area (Å²) in [7, 11) is 0. The summed E-state index contributed by atoms with van der Waals surface area (Å²) in [5.74, 6) is -1.28. The van der Waals surface area contributed by atoms with Crippen LogP contribution in [0.25, 0.3) is 6.08 Å². The van der Waals surface area contributed by atoms with Crippen molar-refractivity contribution in [2.75, 3.05) is 18.1 Å². The zero-order valence-corrected chi connectivity index (χ0v) is 17.3. The molecule has 1 fully saturated rings. The standard InChI is InChI=1S/C20H15F3N2O4S2/c21-20(22,23)29-15-3-1-2-14(11-15)25-18(28)16(31-19(25)30)10-12-4-6-13(7-5-12)17(27)24-8-9-26/h1-7,10-11,26H,8-9H2,(H,24,27)/b16-10-. The van der Waals surface area contributed by atoms with Crippen molar-refractivity contribution in [3.8, 4) is 5.75 Å². The number of carbonyl (C=O) groups excluding carboxylic acids is 2. The second-order valence-corrected chi connectivity index (χ2v) is 7.84. The van der Waals surface area contributed by atoms with Crippen molar-refractivity contribution in [1.29, 1.82) is 0 Å². The third-order valence-corrected chi connectivity index (χ3v) is 5.27. The quantitative estimate of drug-likeness (QED) is 0.497. The zero-order chi connectivity index (χ0) is 22.6. The van der Waals surface area contributed by atoms with Gasteiger partial charge >= 0.3 is 6.36 Å². The molecule has 0 spiro atoms. The number of ether oxygens (including phenoxy) is 1. The second kappa shape index (κ2) is 9.50. The van der Waals surface area contributed by atoms with E-state index in [1.165, 1.54) is 12.1 Å². The van der Waals surface area contributed by atoms with Gasteiger partial charge in [-0.25, -0.2) is 0 Å². The molecule has 0 unspecified atom stereocenters. The first kappa shape index (κ1) is 22.8. The van der Waals surface area contributed by atoms with Crippen LogP contribution in [0.3, 0.4) is 0 Å². The molecule has 1 heterocycles. The van der Waals surface area contributed by atoms with Crippen molar-refractivity contribution in [1.82, 2.24) is 5.32 Å². The van der Waals surface area contributed by atoms with E-state index in [2.05, 4.69) is 10.1 Å². The van der Waals surface area contributed by atoms with Gasteiger partial charge in [-0.05, 0) is 35.9 Å². The van der Waals surface area contributed by atoms with Gasteiger partial charge in [-0.1, -0.05) is 42.2 Å². The van der Waals surface area contributed by atoms with Crippen LogP contribution in [0.4, 0.5) is 18.9 Å². The highest BCUT2D eigenvalue weighted by Crippen LogP contribution is 2.37. The summed E-state index contributed by atoms with van der Waals surface area (Å²) in [6, 6.07) is 11.4. The van der Waals surface area contributed by atoms with Gasteiger partial charge in [-0.3, -0.25) is 14.5 Å². The number of hydrogen-bond acceptors (Lipinski definition) is 6. The van der Waals surface area contributed by atoms with E-state index < -0.39 is 18.0 Å². The van der Waals surface area contributed by atoms with Gasteiger partial charge in [0.1, 0.15) is 5.75 Å². The van der Waals surface area contributed by atoms with Crippen molar-refractivity contribution in [2.45, 2.75) is 6.36 Å². The summed E-state index contributed by atoms with van der Waals surface area (Å²) in [6.45, 7) is -0.0326. The van der Waals surface area contributed by atoms with Crippen molar-refractivity contribution in [2.24, 2.45) is 0 Å². The molecule has 11 heteroatoms. The predicted octanol–water partition coefficient (Wildman–Crippen LogP) is 3.71. The molecule has 162 valence electrons. The number of thiocarbonyl (C=S) groups is 1. The summed E-state index contributed by atoms with van der Waals surface area (Å²) < 4.78 is 41.5. The predicted molar refractivity (Wildman–Crippen MR) is 115 cm³/mol. The van der Waals surface area contributed by atoms with E-state index in [4.69, 9.17) is 17.3 Å². The van der Waals surface area contributed by atoms with E-state index in [1.54, 1.807) is 30.3 Å². The largest absolute Gasteiger partial charge is 0.573 e. The number of aliphatic hydroxyl groups is 1. The van der Waals surface area contributed by atoms with Gasteiger partial charge in [0.2, 0.25) is 0 Å². The Labute approximate surface area is 184 Å². The fourth-order valence-electron chi connectivity index (χ4n) is 2.66. The van der Waals surface area contributed by atoms with Gasteiger partial charge < -0.3 is 15.2 Å². The smallest absolute Gasteiger partial charge is 0.406 e. The Bertz CT molecular complexity index is 1040. The third-order valence-electron chi connectivity index (χ3n) is 3.97. The van der Waals surface area contributed by atoms with Crippen molar-refractivity contribution >= 4 is 51.9 Å². The molecule has 0 aliphatic carbocycles. The van der Waals surface area contributed by atoms with Gasteiger partial charge in [0, 0.05) is 18.2 Å². The highest BCUT2D eigenvalue weighted by Gasteiger charge is 2.35. The van der Waals surface area contributed by atoms with Crippen molar-refractivity contribution < 1.29 is 32.6 Å². The Morgan fingerprint density at radius 3 is 2.58 bits per heavy atom. The Morgan fingerprint density at radius 1 is 1.23 bits per heavy atom. The highest BCUT2D eigenvalue weighted by atomic mass is 32.2. The number of thioether (sulfide) groups is 1. The van der Waals surface area contributed by atoms with Crippen molar-refractivity contribution in [3.05, 3.63) is 64.6 Å². The Balaban J connectivity index is 1.78. The number of amides is 2. The van der Waals surface area contributed by atoms with Crippen LogP contribution in [0, 0.1) is 0 Å². The van der Waals surface area contributed by atoms with E-state index in [0.717, 1.165) is 28.8 Å². The molecule has 1 aliphatic rings. The van der Waals surface area contributed by atoms with Crippen LogP contribution in [0.15, 0.2) is 53.4 Å². The van der Waals surface area contributed by atoms with Crippen LogP contribution in [0.5, 0.6) is 5.75 Å². The van der Waals surface area contributed by atoms with Crippen LogP contribution in [0.2, 0.25) is 0 Å². The van der Waals surface area contributed by atoms with Crippen LogP contribution in [-0.2, 0) is 4.79 Å². The minimum atomic E-state index is -4.85. The first-order chi connectivity index (χ1) is 14.7. The summed E-state index contributed by atoms with van der Waals surface area (Å²) >= 11 is 6.24. The van der Waals surface area contributed by atoms with Gasteiger partial charge in [0.25, 0.3) is 11.8 Å². The number of nitrogens with zero attached hydrogens (tertiary/aromatic N) is 1. The molecule has 0 radical (unpaired) electrons. The molecular formula is C20H15F3N2O4S2. The Kier molecular flexibility index (Phi) is 6.98. The number of nitrogens with one attached hydrogen (secondary N) is 1. The van der Waals surface area contributed by atoms with E-state index in [0.29, 0.717) is 11.1 Å². The van der Waals surface area contributed by atoms with E-state index >= 15 is 0 Å². The van der Waals surface area contributed by atoms with E-state index in [-0.39, 0.29) is 34.0 Å². The lowest BCUT2D eigenvalue weighted by molar-refractivity contribution is -0.274. The molecule has 0 bridgehead atoms. The molecular weight excluding hydrogens is 453 g/mol. The van der Waals surface area contributed by atoms with Gasteiger partial charge in [0.15, 0.2) is 4.32 Å². The number of carbonyl (C=O) groups is 2. The van der Waals surface area contributed by atoms with Crippen LogP contribution in [-0.4, -0.2) is 40.8 Å². The van der Waals surface area contributed by atoms with E-state index in [9.17, 15) is 22.8 Å². The summed E-state index contributed by atoms with van der Waals surface area (Å²) in [5, 5.41) is 11.3. The Hall–Kier alpha value is -2.89. The highest BCUT2D eigenvalue weighted by molar-refractivity contribution is 8.27. The molecule has 1 aliphatic heterocycles. The number of hydrogen-bond donors (Lipinski definition) is 2. The normalized spacial score (nSPS) is 15.5. The average molecular weight is 468 g/mol. The maximum absolute atomic E-state index is 12.8. The van der Waals surface area contributed by atoms with E-state index in [1.807, 2.05) is 0 Å². The van der Waals surface area contributed by atoms with Crippen LogP contribution < -0.4 is 15.0 Å². The molecule has 31 heavy (non-hydrogen) atoms. The first-order valence-corrected chi connectivity index (χ1v) is 10.0. The molecule has 2 amide bonds. The maximum atomic E-state index is 12.8. The van der Waals surface area contributed by atoms with Gasteiger partial charge in [-0.2, -0.15) is 0 Å². The second-order valence-electron chi connectivity index (χ2n) is 6.16. The molecule has 2 N–H and O–H groups in total. The van der Waals surface area contributed by atoms with Gasteiger partial charge in [0.05, 0.1) is 17.2 Å². The lowest BCUT2D eigenvalue weighted by Gasteiger charge is -2.16. The monoisotopic (exact) mass is 468 g/mol. The lowest BCUT2D eigenvalue weighted by atomic mass is 10.1. The van der Waals surface area contributed by atoms with Crippen molar-refractivity contribution in [3.63, 3.8) is 0 Å². The molecule has 2 aromatic carbocycles. The lowest BCUT2D eigenvalue weighted by Crippen LogP contribution is -2.27. The molecule has 0 atom stereocenters.